The van der Waals surface area contributed by atoms with Crippen LogP contribution in [0.1, 0.15) is 29.8 Å². The van der Waals surface area contributed by atoms with Gasteiger partial charge in [0, 0.05) is 43.2 Å². The molecule has 2 atom stereocenters. The molecule has 0 saturated carbocycles. The summed E-state index contributed by atoms with van der Waals surface area (Å²) < 4.78 is 45.4. The summed E-state index contributed by atoms with van der Waals surface area (Å²) in [5.74, 6) is 0.786. The first kappa shape index (κ1) is 28.0. The molecule has 1 fully saturated rings. The lowest BCUT2D eigenvalue weighted by Crippen LogP contribution is -2.48. The maximum atomic E-state index is 13.9. The molecule has 2 aromatic heterocycles. The van der Waals surface area contributed by atoms with E-state index in [2.05, 4.69) is 4.98 Å². The Kier molecular flexibility index (Phi) is 8.04. The minimum absolute atomic E-state index is 0.128. The van der Waals surface area contributed by atoms with E-state index in [4.69, 9.17) is 19.2 Å². The molecule has 5 rings (SSSR count). The Balaban J connectivity index is 1.48. The van der Waals surface area contributed by atoms with Gasteiger partial charge >= 0.3 is 0 Å². The van der Waals surface area contributed by atoms with Gasteiger partial charge in [0.1, 0.15) is 0 Å². The number of aromatic nitrogens is 2. The zero-order valence-corrected chi connectivity index (χ0v) is 24.2. The van der Waals surface area contributed by atoms with E-state index < -0.39 is 10.0 Å². The molecule has 2 aromatic carbocycles. The number of pyridine rings is 1. The highest BCUT2D eigenvalue weighted by molar-refractivity contribution is 7.89. The van der Waals surface area contributed by atoms with Crippen molar-refractivity contribution < 1.29 is 27.4 Å². The fourth-order valence-electron chi connectivity index (χ4n) is 4.66. The molecule has 1 aliphatic rings. The summed E-state index contributed by atoms with van der Waals surface area (Å²) in [7, 11) is -0.617. The number of methoxy groups -OCH3 is 2. The molecule has 40 heavy (non-hydrogen) atoms. The summed E-state index contributed by atoms with van der Waals surface area (Å²) in [4.78, 5) is 24.5. The number of nitrogens with zero attached hydrogens (tertiary/aromatic N) is 4. The molecule has 1 aliphatic heterocycles. The van der Waals surface area contributed by atoms with Gasteiger partial charge in [-0.3, -0.25) is 14.7 Å². The van der Waals surface area contributed by atoms with Gasteiger partial charge in [-0.05, 0) is 49.7 Å². The van der Waals surface area contributed by atoms with E-state index in [1.165, 1.54) is 39.9 Å². The van der Waals surface area contributed by atoms with E-state index in [0.29, 0.717) is 27.7 Å². The van der Waals surface area contributed by atoms with Crippen LogP contribution in [0.3, 0.4) is 0 Å². The summed E-state index contributed by atoms with van der Waals surface area (Å²) in [6.45, 7) is 4.49. The normalized spacial score (nSPS) is 18.0. The van der Waals surface area contributed by atoms with Crippen LogP contribution in [0.4, 0.5) is 5.13 Å². The number of anilines is 1. The molecule has 4 aromatic rings. The van der Waals surface area contributed by atoms with Gasteiger partial charge in [-0.2, -0.15) is 4.31 Å². The predicted octanol–water partition coefficient (Wildman–Crippen LogP) is 4.35. The number of fused-ring (bicyclic) bond motifs is 1. The van der Waals surface area contributed by atoms with Crippen molar-refractivity contribution in [2.75, 3.05) is 32.2 Å². The minimum Gasteiger partial charge on any atom is -0.493 e. The number of benzene rings is 2. The van der Waals surface area contributed by atoms with Gasteiger partial charge in [-0.25, -0.2) is 13.4 Å². The fraction of sp³-hybridized carbons (Fsp3) is 0.321. The van der Waals surface area contributed by atoms with Gasteiger partial charge in [-0.15, -0.1) is 0 Å². The summed E-state index contributed by atoms with van der Waals surface area (Å²) in [5.41, 5.74) is 1.82. The smallest absolute Gasteiger partial charge is 0.260 e. The molecule has 0 bridgehead atoms. The standard InChI is InChI=1S/C28H30N4O6S2/c1-18-15-31(16-19(2)38-18)40(34,35)22-9-7-21(8-10-22)27(33)32(17-20-6-5-11-29-14-20)28-30-23-12-24(36-3)25(37-4)13-26(23)39-28/h5-14,18-19H,15-17H2,1-4H3. The molecule has 0 N–H and O–H groups in total. The first-order valence-electron chi connectivity index (χ1n) is 12.7. The summed E-state index contributed by atoms with van der Waals surface area (Å²) >= 11 is 1.35. The molecule has 12 heteroatoms. The monoisotopic (exact) mass is 582 g/mol. The van der Waals surface area contributed by atoms with Crippen LogP contribution in [0.25, 0.3) is 10.2 Å². The zero-order valence-electron chi connectivity index (χ0n) is 22.6. The number of ether oxygens (including phenoxy) is 3. The highest BCUT2D eigenvalue weighted by Gasteiger charge is 2.32. The van der Waals surface area contributed by atoms with Crippen LogP contribution >= 0.6 is 11.3 Å². The molecule has 210 valence electrons. The molecule has 3 heterocycles. The van der Waals surface area contributed by atoms with E-state index >= 15 is 0 Å². The van der Waals surface area contributed by atoms with Crippen molar-refractivity contribution in [1.29, 1.82) is 0 Å². The lowest BCUT2D eigenvalue weighted by molar-refractivity contribution is -0.0440. The van der Waals surface area contributed by atoms with Crippen molar-refractivity contribution in [1.82, 2.24) is 14.3 Å². The van der Waals surface area contributed by atoms with Gasteiger partial charge in [0.2, 0.25) is 10.0 Å². The number of sulfonamides is 1. The number of hydrogen-bond acceptors (Lipinski definition) is 9. The zero-order chi connectivity index (χ0) is 28.4. The largest absolute Gasteiger partial charge is 0.493 e. The Bertz CT molecular complexity index is 1560. The number of carbonyl (C=O) groups is 1. The molecular weight excluding hydrogens is 552 g/mol. The van der Waals surface area contributed by atoms with Crippen molar-refractivity contribution in [3.8, 4) is 11.5 Å². The number of rotatable bonds is 8. The maximum Gasteiger partial charge on any atom is 0.260 e. The van der Waals surface area contributed by atoms with E-state index in [-0.39, 0.29) is 42.6 Å². The van der Waals surface area contributed by atoms with E-state index in [1.54, 1.807) is 43.6 Å². The van der Waals surface area contributed by atoms with E-state index in [0.717, 1.165) is 10.3 Å². The number of amides is 1. The molecule has 0 aliphatic carbocycles. The van der Waals surface area contributed by atoms with Crippen molar-refractivity contribution in [2.24, 2.45) is 0 Å². The average Bonchev–Trinajstić information content (AvgIpc) is 3.37. The summed E-state index contributed by atoms with van der Waals surface area (Å²) in [6.07, 6.45) is 2.96. The van der Waals surface area contributed by atoms with Crippen molar-refractivity contribution in [2.45, 2.75) is 37.5 Å². The number of hydrogen-bond donors (Lipinski definition) is 0. The highest BCUT2D eigenvalue weighted by Crippen LogP contribution is 2.38. The lowest BCUT2D eigenvalue weighted by atomic mass is 10.2. The van der Waals surface area contributed by atoms with Gasteiger partial charge in [0.15, 0.2) is 16.6 Å². The second kappa shape index (κ2) is 11.5. The van der Waals surface area contributed by atoms with Crippen LogP contribution in [0.15, 0.2) is 65.8 Å². The Morgan fingerprint density at radius 3 is 2.38 bits per heavy atom. The number of thiazole rings is 1. The first-order chi connectivity index (χ1) is 19.2. The van der Waals surface area contributed by atoms with Gasteiger partial charge in [-0.1, -0.05) is 17.4 Å². The molecular formula is C28H30N4O6S2. The molecule has 0 radical (unpaired) electrons. The Morgan fingerprint density at radius 2 is 1.75 bits per heavy atom. The van der Waals surface area contributed by atoms with Crippen LogP contribution in [0, 0.1) is 0 Å². The van der Waals surface area contributed by atoms with Crippen LogP contribution in [-0.2, 0) is 21.3 Å². The van der Waals surface area contributed by atoms with Crippen molar-refractivity contribution >= 4 is 42.6 Å². The predicted molar refractivity (Wildman–Crippen MR) is 153 cm³/mol. The van der Waals surface area contributed by atoms with Gasteiger partial charge in [0.25, 0.3) is 5.91 Å². The second-order valence-corrected chi connectivity index (χ2v) is 12.5. The molecule has 1 saturated heterocycles. The van der Waals surface area contributed by atoms with Crippen LogP contribution < -0.4 is 14.4 Å². The van der Waals surface area contributed by atoms with Crippen molar-refractivity contribution in [3.05, 3.63) is 72.1 Å². The van der Waals surface area contributed by atoms with Crippen LogP contribution in [0.5, 0.6) is 11.5 Å². The van der Waals surface area contributed by atoms with Crippen molar-refractivity contribution in [3.63, 3.8) is 0 Å². The number of carbonyl (C=O) groups excluding carboxylic acids is 1. The summed E-state index contributed by atoms with van der Waals surface area (Å²) in [5, 5.41) is 0.479. The minimum atomic E-state index is -3.74. The van der Waals surface area contributed by atoms with Crippen LogP contribution in [0.2, 0.25) is 0 Å². The van der Waals surface area contributed by atoms with Crippen LogP contribution in [-0.4, -0.2) is 68.1 Å². The van der Waals surface area contributed by atoms with E-state index in [9.17, 15) is 13.2 Å². The molecule has 1 amide bonds. The number of morpholine rings is 1. The highest BCUT2D eigenvalue weighted by atomic mass is 32.2. The third-order valence-electron chi connectivity index (χ3n) is 6.55. The molecule has 0 spiro atoms. The van der Waals surface area contributed by atoms with Gasteiger partial charge < -0.3 is 14.2 Å². The van der Waals surface area contributed by atoms with E-state index in [1.807, 2.05) is 26.0 Å². The fourth-order valence-corrected chi connectivity index (χ4v) is 7.22. The lowest BCUT2D eigenvalue weighted by Gasteiger charge is -2.34. The maximum absolute atomic E-state index is 13.9. The SMILES string of the molecule is COc1cc2nc(N(Cc3cccnc3)C(=O)c3ccc(S(=O)(=O)N4CC(C)OC(C)C4)cc3)sc2cc1OC. The molecule has 2 unspecified atom stereocenters. The summed E-state index contributed by atoms with van der Waals surface area (Å²) in [6, 6.07) is 13.3. The molecule has 10 nitrogen and oxygen atoms in total. The Morgan fingerprint density at radius 1 is 1.07 bits per heavy atom. The Labute approximate surface area is 237 Å². The third kappa shape index (κ3) is 5.66. The third-order valence-corrected chi connectivity index (χ3v) is 9.43. The topological polar surface area (TPSA) is 111 Å². The quantitative estimate of drug-likeness (QED) is 0.302. The van der Waals surface area contributed by atoms with Gasteiger partial charge in [0.05, 0.1) is 48.1 Å². The average molecular weight is 583 g/mol. The Hall–Kier alpha value is -3.58. The second-order valence-electron chi connectivity index (χ2n) is 9.53. The first-order valence-corrected chi connectivity index (χ1v) is 14.9.